The van der Waals surface area contributed by atoms with Gasteiger partial charge in [-0.1, -0.05) is 0 Å². The smallest absolute Gasteiger partial charge is 0.255 e. The Balaban J connectivity index is 2.88. The number of furan rings is 1. The molecule has 0 aliphatic heterocycles. The summed E-state index contributed by atoms with van der Waals surface area (Å²) >= 11 is 0. The second kappa shape index (κ2) is 3.64. The minimum absolute atomic E-state index is 0.0567. The number of nitrogens with one attached hydrogen (secondary N) is 1. The van der Waals surface area contributed by atoms with E-state index >= 15 is 0 Å². The van der Waals surface area contributed by atoms with Gasteiger partial charge >= 0.3 is 0 Å². The highest BCUT2D eigenvalue weighted by molar-refractivity contribution is 5.96. The molecular weight excluding hydrogens is 166 g/mol. The van der Waals surface area contributed by atoms with Gasteiger partial charge < -0.3 is 9.73 Å². The number of hydrogen-bond donors (Lipinski definition) is 1. The third-order valence-electron chi connectivity index (χ3n) is 1.81. The van der Waals surface area contributed by atoms with E-state index in [9.17, 15) is 4.79 Å². The fraction of sp³-hybridized carbons (Fsp3) is 0.500. The molecule has 13 heavy (non-hydrogen) atoms. The van der Waals surface area contributed by atoms with E-state index in [0.29, 0.717) is 11.3 Å². The monoisotopic (exact) mass is 181 g/mol. The molecule has 1 rings (SSSR count). The van der Waals surface area contributed by atoms with Crippen LogP contribution in [0.1, 0.15) is 35.5 Å². The van der Waals surface area contributed by atoms with Crippen molar-refractivity contribution in [1.82, 2.24) is 5.32 Å². The van der Waals surface area contributed by atoms with E-state index in [1.165, 1.54) is 0 Å². The van der Waals surface area contributed by atoms with Gasteiger partial charge in [-0.2, -0.15) is 0 Å². The van der Waals surface area contributed by atoms with Crippen LogP contribution in [-0.4, -0.2) is 11.9 Å². The van der Waals surface area contributed by atoms with Crippen molar-refractivity contribution in [2.45, 2.75) is 33.7 Å². The van der Waals surface area contributed by atoms with Crippen LogP contribution in [0, 0.1) is 13.8 Å². The van der Waals surface area contributed by atoms with Crippen LogP contribution in [0.5, 0.6) is 0 Å². The minimum atomic E-state index is -0.0567. The van der Waals surface area contributed by atoms with Crippen molar-refractivity contribution < 1.29 is 9.21 Å². The van der Waals surface area contributed by atoms with Gasteiger partial charge in [-0.3, -0.25) is 4.79 Å². The number of carbonyl (C=O) groups is 1. The summed E-state index contributed by atoms with van der Waals surface area (Å²) in [6, 6.07) is 0.154. The van der Waals surface area contributed by atoms with Crippen molar-refractivity contribution in [2.24, 2.45) is 0 Å². The van der Waals surface area contributed by atoms with Crippen molar-refractivity contribution in [2.75, 3.05) is 0 Å². The molecule has 1 aromatic heterocycles. The zero-order chi connectivity index (χ0) is 10.0. The summed E-state index contributed by atoms with van der Waals surface area (Å²) in [5.74, 6) is 0.620. The first-order chi connectivity index (χ1) is 6.02. The highest BCUT2D eigenvalue weighted by Crippen LogP contribution is 2.14. The molecule has 1 N–H and O–H groups in total. The minimum Gasteiger partial charge on any atom is -0.469 e. The lowest BCUT2D eigenvalue weighted by atomic mass is 10.1. The van der Waals surface area contributed by atoms with Gasteiger partial charge in [-0.05, 0) is 27.7 Å². The molecule has 0 radical (unpaired) electrons. The van der Waals surface area contributed by atoms with Crippen LogP contribution in [-0.2, 0) is 0 Å². The molecule has 0 aliphatic rings. The van der Waals surface area contributed by atoms with E-state index in [4.69, 9.17) is 4.42 Å². The Morgan fingerprint density at radius 1 is 1.46 bits per heavy atom. The molecule has 1 heterocycles. The first kappa shape index (κ1) is 9.84. The van der Waals surface area contributed by atoms with E-state index in [-0.39, 0.29) is 11.9 Å². The molecule has 0 atom stereocenters. The van der Waals surface area contributed by atoms with Gasteiger partial charge in [0.05, 0.1) is 11.8 Å². The number of amides is 1. The number of hydrogen-bond acceptors (Lipinski definition) is 2. The third kappa shape index (κ3) is 2.11. The van der Waals surface area contributed by atoms with Crippen LogP contribution in [0.3, 0.4) is 0 Å². The van der Waals surface area contributed by atoms with Crippen molar-refractivity contribution in [1.29, 1.82) is 0 Å². The van der Waals surface area contributed by atoms with Gasteiger partial charge in [0.15, 0.2) is 0 Å². The van der Waals surface area contributed by atoms with E-state index in [2.05, 4.69) is 5.32 Å². The summed E-state index contributed by atoms with van der Waals surface area (Å²) in [5.41, 5.74) is 1.55. The van der Waals surface area contributed by atoms with Crippen LogP contribution in [0.4, 0.5) is 0 Å². The summed E-state index contributed by atoms with van der Waals surface area (Å²) in [7, 11) is 0. The van der Waals surface area contributed by atoms with Gasteiger partial charge in [0.25, 0.3) is 5.91 Å². The molecule has 0 aliphatic carbocycles. The molecule has 3 heteroatoms. The summed E-state index contributed by atoms with van der Waals surface area (Å²) in [6.45, 7) is 7.53. The second-order valence-corrected chi connectivity index (χ2v) is 3.48. The van der Waals surface area contributed by atoms with Crippen molar-refractivity contribution in [3.63, 3.8) is 0 Å². The first-order valence-corrected chi connectivity index (χ1v) is 4.38. The highest BCUT2D eigenvalue weighted by Gasteiger charge is 2.15. The molecule has 72 valence electrons. The van der Waals surface area contributed by atoms with Gasteiger partial charge in [0.1, 0.15) is 5.76 Å². The first-order valence-electron chi connectivity index (χ1n) is 4.38. The quantitative estimate of drug-likeness (QED) is 0.758. The topological polar surface area (TPSA) is 42.2 Å². The largest absolute Gasteiger partial charge is 0.469 e. The van der Waals surface area contributed by atoms with E-state index in [0.717, 1.165) is 5.56 Å². The second-order valence-electron chi connectivity index (χ2n) is 3.48. The Kier molecular flexibility index (Phi) is 2.76. The van der Waals surface area contributed by atoms with Crippen LogP contribution in [0.2, 0.25) is 0 Å². The lowest BCUT2D eigenvalue weighted by Gasteiger charge is -2.07. The van der Waals surface area contributed by atoms with Gasteiger partial charge in [0.2, 0.25) is 0 Å². The predicted octanol–water partition coefficient (Wildman–Crippen LogP) is 2.03. The van der Waals surface area contributed by atoms with Gasteiger partial charge in [-0.25, -0.2) is 0 Å². The molecule has 3 nitrogen and oxygen atoms in total. The summed E-state index contributed by atoms with van der Waals surface area (Å²) in [5, 5.41) is 2.83. The average molecular weight is 181 g/mol. The van der Waals surface area contributed by atoms with E-state index in [1.54, 1.807) is 13.2 Å². The Hall–Kier alpha value is -1.25. The fourth-order valence-electron chi connectivity index (χ4n) is 1.25. The Morgan fingerprint density at radius 3 is 2.46 bits per heavy atom. The molecule has 0 unspecified atom stereocenters. The molecule has 0 bridgehead atoms. The van der Waals surface area contributed by atoms with Crippen molar-refractivity contribution >= 4 is 5.91 Å². The van der Waals surface area contributed by atoms with Crippen LogP contribution in [0.15, 0.2) is 10.7 Å². The lowest BCUT2D eigenvalue weighted by Crippen LogP contribution is -2.30. The normalized spacial score (nSPS) is 10.5. The fourth-order valence-corrected chi connectivity index (χ4v) is 1.25. The third-order valence-corrected chi connectivity index (χ3v) is 1.81. The number of aryl methyl sites for hydroxylation is 2. The molecular formula is C10H15NO2. The SMILES string of the molecule is Cc1coc(C)c1C(=O)NC(C)C. The number of carbonyl (C=O) groups excluding carboxylic acids is 1. The van der Waals surface area contributed by atoms with Crippen LogP contribution in [0.25, 0.3) is 0 Å². The lowest BCUT2D eigenvalue weighted by molar-refractivity contribution is 0.0941. The van der Waals surface area contributed by atoms with Crippen molar-refractivity contribution in [3.05, 3.63) is 23.2 Å². The zero-order valence-corrected chi connectivity index (χ0v) is 8.47. The van der Waals surface area contributed by atoms with Crippen molar-refractivity contribution in [3.8, 4) is 0 Å². The van der Waals surface area contributed by atoms with Gasteiger partial charge in [-0.15, -0.1) is 0 Å². The summed E-state index contributed by atoms with van der Waals surface area (Å²) in [4.78, 5) is 11.6. The maximum atomic E-state index is 11.6. The molecule has 0 aromatic carbocycles. The summed E-state index contributed by atoms with van der Waals surface area (Å²) in [6.07, 6.45) is 1.60. The Labute approximate surface area is 78.1 Å². The maximum absolute atomic E-state index is 11.6. The maximum Gasteiger partial charge on any atom is 0.255 e. The van der Waals surface area contributed by atoms with Crippen LogP contribution < -0.4 is 5.32 Å². The Bertz CT molecular complexity index is 293. The molecule has 0 fully saturated rings. The highest BCUT2D eigenvalue weighted by atomic mass is 16.3. The zero-order valence-electron chi connectivity index (χ0n) is 8.47. The molecule has 1 aromatic rings. The Morgan fingerprint density at radius 2 is 2.08 bits per heavy atom. The summed E-state index contributed by atoms with van der Waals surface area (Å²) < 4.78 is 5.14. The molecule has 0 saturated heterocycles. The van der Waals surface area contributed by atoms with E-state index < -0.39 is 0 Å². The predicted molar refractivity (Wildman–Crippen MR) is 50.8 cm³/mol. The average Bonchev–Trinajstić information content (AvgIpc) is 2.29. The molecule has 0 spiro atoms. The molecule has 0 saturated carbocycles. The molecule has 1 amide bonds. The standard InChI is InChI=1S/C10H15NO2/c1-6(2)11-10(12)9-7(3)5-13-8(9)4/h5-6H,1-4H3,(H,11,12). The van der Waals surface area contributed by atoms with Gasteiger partial charge in [0, 0.05) is 11.6 Å². The van der Waals surface area contributed by atoms with Crippen LogP contribution >= 0.6 is 0 Å². The number of rotatable bonds is 2. The van der Waals surface area contributed by atoms with E-state index in [1.807, 2.05) is 20.8 Å².